The van der Waals surface area contributed by atoms with Crippen LogP contribution in [0.1, 0.15) is 30.3 Å². The fourth-order valence-electron chi connectivity index (χ4n) is 2.95. The molecule has 3 rings (SSSR count). The lowest BCUT2D eigenvalue weighted by Gasteiger charge is -2.37. The molecule has 1 fully saturated rings. The average molecular weight is 284 g/mol. The fourth-order valence-corrected chi connectivity index (χ4v) is 2.95. The number of hydrogen-bond acceptors (Lipinski definition) is 4. The second kappa shape index (κ2) is 5.77. The Labute approximate surface area is 124 Å². The van der Waals surface area contributed by atoms with Crippen molar-refractivity contribution in [3.05, 3.63) is 36.2 Å². The number of fused-ring (bicyclic) bond motifs is 1. The number of amides is 1. The minimum Gasteiger partial charge on any atom is -0.333 e. The minimum absolute atomic E-state index is 0.0596. The van der Waals surface area contributed by atoms with Gasteiger partial charge < -0.3 is 10.6 Å². The van der Waals surface area contributed by atoms with E-state index in [1.165, 1.54) is 0 Å². The number of aromatic nitrogens is 2. The van der Waals surface area contributed by atoms with Crippen molar-refractivity contribution in [1.82, 2.24) is 14.9 Å². The van der Waals surface area contributed by atoms with Crippen LogP contribution in [0, 0.1) is 5.92 Å². The monoisotopic (exact) mass is 284 g/mol. The van der Waals surface area contributed by atoms with Gasteiger partial charge in [-0.3, -0.25) is 9.78 Å². The first-order valence-electron chi connectivity index (χ1n) is 7.42. The standard InChI is InChI=1S/C16H20N4O/c1-11-6-7-20(12(8-11)9-17)16(21)15-10-18-13-4-2-3-5-14(13)19-15/h2-5,10-12H,6-9,17H2,1H3. The maximum Gasteiger partial charge on any atom is 0.274 e. The summed E-state index contributed by atoms with van der Waals surface area (Å²) in [6.07, 6.45) is 3.54. The Bertz CT molecular complexity index is 658. The molecule has 2 atom stereocenters. The van der Waals surface area contributed by atoms with Gasteiger partial charge >= 0.3 is 0 Å². The molecular weight excluding hydrogens is 264 g/mol. The minimum atomic E-state index is -0.0596. The highest BCUT2D eigenvalue weighted by Gasteiger charge is 2.30. The van der Waals surface area contributed by atoms with Gasteiger partial charge in [-0.15, -0.1) is 0 Å². The highest BCUT2D eigenvalue weighted by Crippen LogP contribution is 2.23. The zero-order chi connectivity index (χ0) is 14.8. The van der Waals surface area contributed by atoms with Gasteiger partial charge in [0.15, 0.2) is 0 Å². The van der Waals surface area contributed by atoms with Crippen LogP contribution in [0.15, 0.2) is 30.5 Å². The molecule has 0 aliphatic carbocycles. The fraction of sp³-hybridized carbons (Fsp3) is 0.438. The summed E-state index contributed by atoms with van der Waals surface area (Å²) in [4.78, 5) is 23.3. The molecule has 0 spiro atoms. The summed E-state index contributed by atoms with van der Waals surface area (Å²) in [7, 11) is 0. The van der Waals surface area contributed by atoms with Crippen LogP contribution in [0.4, 0.5) is 0 Å². The third-order valence-corrected chi connectivity index (χ3v) is 4.18. The summed E-state index contributed by atoms with van der Waals surface area (Å²) in [6.45, 7) is 3.45. The molecule has 110 valence electrons. The van der Waals surface area contributed by atoms with Gasteiger partial charge in [0.25, 0.3) is 5.91 Å². The number of likely N-dealkylation sites (tertiary alicyclic amines) is 1. The molecule has 1 aromatic heterocycles. The van der Waals surface area contributed by atoms with Gasteiger partial charge in [0.1, 0.15) is 5.69 Å². The zero-order valence-electron chi connectivity index (χ0n) is 12.2. The summed E-state index contributed by atoms with van der Waals surface area (Å²) >= 11 is 0. The van der Waals surface area contributed by atoms with E-state index in [4.69, 9.17) is 5.73 Å². The van der Waals surface area contributed by atoms with E-state index in [0.717, 1.165) is 30.4 Å². The quantitative estimate of drug-likeness (QED) is 0.913. The number of nitrogens with two attached hydrogens (primary N) is 1. The summed E-state index contributed by atoms with van der Waals surface area (Å²) in [5.74, 6) is 0.556. The van der Waals surface area contributed by atoms with Crippen LogP contribution in [0.25, 0.3) is 11.0 Å². The lowest BCUT2D eigenvalue weighted by Crippen LogP contribution is -2.49. The number of nitrogens with zero attached hydrogens (tertiary/aromatic N) is 3. The Morgan fingerprint density at radius 3 is 2.90 bits per heavy atom. The van der Waals surface area contributed by atoms with Crippen molar-refractivity contribution in [2.24, 2.45) is 11.7 Å². The van der Waals surface area contributed by atoms with E-state index < -0.39 is 0 Å². The van der Waals surface area contributed by atoms with Gasteiger partial charge in [-0.05, 0) is 30.9 Å². The van der Waals surface area contributed by atoms with E-state index in [2.05, 4.69) is 16.9 Å². The van der Waals surface area contributed by atoms with Crippen LogP contribution in [-0.4, -0.2) is 39.9 Å². The first-order valence-corrected chi connectivity index (χ1v) is 7.42. The Kier molecular flexibility index (Phi) is 3.84. The summed E-state index contributed by atoms with van der Waals surface area (Å²) in [5, 5.41) is 0. The summed E-state index contributed by atoms with van der Waals surface area (Å²) in [5.41, 5.74) is 7.79. The van der Waals surface area contributed by atoms with E-state index in [1.807, 2.05) is 29.2 Å². The number of rotatable bonds is 2. The van der Waals surface area contributed by atoms with Crippen LogP contribution < -0.4 is 5.73 Å². The van der Waals surface area contributed by atoms with Crippen molar-refractivity contribution in [1.29, 1.82) is 0 Å². The van der Waals surface area contributed by atoms with Crippen molar-refractivity contribution in [3.8, 4) is 0 Å². The largest absolute Gasteiger partial charge is 0.333 e. The van der Waals surface area contributed by atoms with E-state index in [-0.39, 0.29) is 11.9 Å². The van der Waals surface area contributed by atoms with Crippen LogP contribution >= 0.6 is 0 Å². The number of carbonyl (C=O) groups is 1. The molecule has 2 N–H and O–H groups in total. The lowest BCUT2D eigenvalue weighted by molar-refractivity contribution is 0.0567. The Hall–Kier alpha value is -2.01. The molecule has 1 aliphatic rings. The van der Waals surface area contributed by atoms with Gasteiger partial charge in [-0.2, -0.15) is 0 Å². The first-order chi connectivity index (χ1) is 10.2. The summed E-state index contributed by atoms with van der Waals surface area (Å²) < 4.78 is 0. The molecule has 1 aliphatic heterocycles. The molecule has 2 aromatic rings. The molecule has 1 saturated heterocycles. The summed E-state index contributed by atoms with van der Waals surface area (Å²) in [6, 6.07) is 7.68. The highest BCUT2D eigenvalue weighted by atomic mass is 16.2. The van der Waals surface area contributed by atoms with Gasteiger partial charge in [0.05, 0.1) is 17.2 Å². The molecule has 5 heteroatoms. The number of carbonyl (C=O) groups excluding carboxylic acids is 1. The Morgan fingerprint density at radius 2 is 2.14 bits per heavy atom. The van der Waals surface area contributed by atoms with E-state index >= 15 is 0 Å². The first kappa shape index (κ1) is 13.9. The predicted octanol–water partition coefficient (Wildman–Crippen LogP) is 1.83. The van der Waals surface area contributed by atoms with E-state index in [1.54, 1.807) is 6.20 Å². The Morgan fingerprint density at radius 1 is 1.38 bits per heavy atom. The lowest BCUT2D eigenvalue weighted by atomic mass is 9.92. The van der Waals surface area contributed by atoms with Gasteiger partial charge in [0.2, 0.25) is 0 Å². The van der Waals surface area contributed by atoms with Crippen molar-refractivity contribution < 1.29 is 4.79 Å². The predicted molar refractivity (Wildman–Crippen MR) is 81.8 cm³/mol. The number of benzene rings is 1. The maximum atomic E-state index is 12.7. The smallest absolute Gasteiger partial charge is 0.274 e. The molecular formula is C16H20N4O. The van der Waals surface area contributed by atoms with Gasteiger partial charge in [0, 0.05) is 19.1 Å². The molecule has 0 radical (unpaired) electrons. The van der Waals surface area contributed by atoms with Gasteiger partial charge in [-0.25, -0.2) is 4.98 Å². The molecule has 5 nitrogen and oxygen atoms in total. The normalized spacial score (nSPS) is 22.5. The number of piperidine rings is 1. The van der Waals surface area contributed by atoms with E-state index in [0.29, 0.717) is 18.2 Å². The molecule has 2 heterocycles. The third kappa shape index (κ3) is 2.74. The second-order valence-electron chi connectivity index (χ2n) is 5.76. The van der Waals surface area contributed by atoms with Crippen LogP contribution in [-0.2, 0) is 0 Å². The van der Waals surface area contributed by atoms with Crippen LogP contribution in [0.3, 0.4) is 0 Å². The molecule has 2 unspecified atom stereocenters. The number of para-hydroxylation sites is 2. The Balaban J connectivity index is 1.88. The van der Waals surface area contributed by atoms with Crippen LogP contribution in [0.2, 0.25) is 0 Å². The van der Waals surface area contributed by atoms with Gasteiger partial charge in [-0.1, -0.05) is 19.1 Å². The molecule has 1 amide bonds. The van der Waals surface area contributed by atoms with Crippen molar-refractivity contribution in [2.45, 2.75) is 25.8 Å². The second-order valence-corrected chi connectivity index (χ2v) is 5.76. The molecule has 0 bridgehead atoms. The van der Waals surface area contributed by atoms with Crippen molar-refractivity contribution in [2.75, 3.05) is 13.1 Å². The third-order valence-electron chi connectivity index (χ3n) is 4.18. The van der Waals surface area contributed by atoms with Crippen LogP contribution in [0.5, 0.6) is 0 Å². The van der Waals surface area contributed by atoms with Crippen molar-refractivity contribution >= 4 is 16.9 Å². The highest BCUT2D eigenvalue weighted by molar-refractivity contribution is 5.94. The zero-order valence-corrected chi connectivity index (χ0v) is 12.2. The SMILES string of the molecule is CC1CCN(C(=O)c2cnc3ccccc3n2)C(CN)C1. The number of hydrogen-bond donors (Lipinski definition) is 1. The maximum absolute atomic E-state index is 12.7. The molecule has 21 heavy (non-hydrogen) atoms. The van der Waals surface area contributed by atoms with E-state index in [9.17, 15) is 4.79 Å². The van der Waals surface area contributed by atoms with Crippen molar-refractivity contribution in [3.63, 3.8) is 0 Å². The molecule has 1 aromatic carbocycles. The molecule has 0 saturated carbocycles. The average Bonchev–Trinajstić information content (AvgIpc) is 2.53. The topological polar surface area (TPSA) is 72.1 Å².